The fourth-order valence-electron chi connectivity index (χ4n) is 3.25. The Morgan fingerprint density at radius 3 is 2.43 bits per heavy atom. The highest BCUT2D eigenvalue weighted by atomic mass is 16.7. The van der Waals surface area contributed by atoms with Gasteiger partial charge in [0.1, 0.15) is 11.5 Å². The van der Waals surface area contributed by atoms with Crippen LogP contribution in [-0.4, -0.2) is 39.5 Å². The summed E-state index contributed by atoms with van der Waals surface area (Å²) in [5.41, 5.74) is 1.65. The molecule has 0 aromatic heterocycles. The van der Waals surface area contributed by atoms with Gasteiger partial charge in [-0.05, 0) is 19.4 Å². The van der Waals surface area contributed by atoms with Crippen LogP contribution in [0.5, 0.6) is 11.5 Å². The van der Waals surface area contributed by atoms with E-state index in [1.54, 1.807) is 6.07 Å². The SMILES string of the molecule is COc1cc(OC)c2c(c1)C(=O)C(=O)C1=C(C)CCO[C@]12OC. The highest BCUT2D eigenvalue weighted by Gasteiger charge is 2.54. The average molecular weight is 318 g/mol. The van der Waals surface area contributed by atoms with Gasteiger partial charge in [0.05, 0.1) is 32.0 Å². The highest BCUT2D eigenvalue weighted by molar-refractivity contribution is 6.51. The molecule has 0 N–H and O–H groups in total. The molecule has 0 saturated carbocycles. The Balaban J connectivity index is 2.42. The molecule has 0 bridgehead atoms. The number of hydrogen-bond donors (Lipinski definition) is 0. The number of Topliss-reactive ketones (excluding diaryl/α,β-unsaturated/α-hetero) is 2. The van der Waals surface area contributed by atoms with Gasteiger partial charge in [-0.15, -0.1) is 0 Å². The van der Waals surface area contributed by atoms with Crippen molar-refractivity contribution in [3.8, 4) is 11.5 Å². The van der Waals surface area contributed by atoms with Crippen LogP contribution in [0.2, 0.25) is 0 Å². The van der Waals surface area contributed by atoms with E-state index in [9.17, 15) is 9.59 Å². The fourth-order valence-corrected chi connectivity index (χ4v) is 3.25. The van der Waals surface area contributed by atoms with Gasteiger partial charge in [-0.1, -0.05) is 5.57 Å². The lowest BCUT2D eigenvalue weighted by molar-refractivity contribution is -0.213. The standard InChI is InChI=1S/C17H18O6/c1-9-5-6-23-17(22-4)13(9)16(19)15(18)11-7-10(20-2)8-12(21-3)14(11)17/h7-8H,5-6H2,1-4H3/t17-/m1/s1. The average Bonchev–Trinajstić information content (AvgIpc) is 2.58. The molecule has 0 amide bonds. The predicted octanol–water partition coefficient (Wildman–Crippen LogP) is 2.01. The van der Waals surface area contributed by atoms with E-state index in [0.717, 1.165) is 5.57 Å². The summed E-state index contributed by atoms with van der Waals surface area (Å²) in [6, 6.07) is 3.16. The summed E-state index contributed by atoms with van der Waals surface area (Å²) in [4.78, 5) is 25.3. The van der Waals surface area contributed by atoms with Gasteiger partial charge >= 0.3 is 0 Å². The topological polar surface area (TPSA) is 71.1 Å². The molecule has 1 aliphatic heterocycles. The van der Waals surface area contributed by atoms with E-state index in [4.69, 9.17) is 18.9 Å². The molecule has 1 aromatic carbocycles. The third-order valence-corrected chi connectivity index (χ3v) is 4.36. The van der Waals surface area contributed by atoms with Gasteiger partial charge in [0.2, 0.25) is 17.4 Å². The summed E-state index contributed by atoms with van der Waals surface area (Å²) in [6.45, 7) is 2.21. The first-order valence-electron chi connectivity index (χ1n) is 7.25. The van der Waals surface area contributed by atoms with Crippen molar-refractivity contribution >= 4 is 11.6 Å². The van der Waals surface area contributed by atoms with Crippen LogP contribution in [0, 0.1) is 0 Å². The molecule has 6 heteroatoms. The molecule has 3 rings (SSSR count). The summed E-state index contributed by atoms with van der Waals surface area (Å²) >= 11 is 0. The van der Waals surface area contributed by atoms with Gasteiger partial charge < -0.3 is 18.9 Å². The lowest BCUT2D eigenvalue weighted by Crippen LogP contribution is -2.48. The maximum atomic E-state index is 12.6. The summed E-state index contributed by atoms with van der Waals surface area (Å²) in [5, 5.41) is 0. The Kier molecular flexibility index (Phi) is 3.74. The number of methoxy groups -OCH3 is 3. The number of carbonyl (C=O) groups is 2. The molecule has 23 heavy (non-hydrogen) atoms. The summed E-state index contributed by atoms with van der Waals surface area (Å²) in [5.74, 6) is -1.82. The summed E-state index contributed by atoms with van der Waals surface area (Å²) < 4.78 is 22.1. The van der Waals surface area contributed by atoms with Crippen LogP contribution >= 0.6 is 0 Å². The minimum Gasteiger partial charge on any atom is -0.497 e. The van der Waals surface area contributed by atoms with Crippen LogP contribution in [0.4, 0.5) is 0 Å². The Hall–Kier alpha value is -2.18. The van der Waals surface area contributed by atoms with Crippen molar-refractivity contribution in [1.29, 1.82) is 0 Å². The first-order valence-corrected chi connectivity index (χ1v) is 7.25. The van der Waals surface area contributed by atoms with E-state index in [0.29, 0.717) is 30.1 Å². The van der Waals surface area contributed by atoms with Gasteiger partial charge in [0.15, 0.2) is 0 Å². The molecule has 2 aliphatic rings. The van der Waals surface area contributed by atoms with E-state index in [1.165, 1.54) is 27.4 Å². The molecule has 1 atom stereocenters. The lowest BCUT2D eigenvalue weighted by atomic mass is 9.76. The molecule has 1 aromatic rings. The normalized spacial score (nSPS) is 23.5. The first kappa shape index (κ1) is 15.7. The monoisotopic (exact) mass is 318 g/mol. The molecule has 122 valence electrons. The molecule has 0 saturated heterocycles. The van der Waals surface area contributed by atoms with Gasteiger partial charge in [0, 0.05) is 18.7 Å². The summed E-state index contributed by atoms with van der Waals surface area (Å²) in [7, 11) is 4.42. The quantitative estimate of drug-likeness (QED) is 0.794. The third-order valence-electron chi connectivity index (χ3n) is 4.36. The number of carbonyl (C=O) groups excluding carboxylic acids is 2. The molecular weight excluding hydrogens is 300 g/mol. The second-order valence-electron chi connectivity index (χ2n) is 5.48. The smallest absolute Gasteiger partial charge is 0.235 e. The maximum absolute atomic E-state index is 12.6. The van der Waals surface area contributed by atoms with Gasteiger partial charge in [-0.25, -0.2) is 0 Å². The molecule has 0 unspecified atom stereocenters. The predicted molar refractivity (Wildman–Crippen MR) is 80.8 cm³/mol. The second kappa shape index (κ2) is 5.47. The first-order chi connectivity index (χ1) is 11.0. The van der Waals surface area contributed by atoms with Crippen molar-refractivity contribution < 1.29 is 28.5 Å². The number of ketones is 2. The highest BCUT2D eigenvalue weighted by Crippen LogP contribution is 2.50. The molecule has 1 aliphatic carbocycles. The van der Waals surface area contributed by atoms with Gasteiger partial charge in [0.25, 0.3) is 0 Å². The van der Waals surface area contributed by atoms with Crippen LogP contribution in [0.15, 0.2) is 23.3 Å². The largest absolute Gasteiger partial charge is 0.497 e. The molecule has 1 heterocycles. The van der Waals surface area contributed by atoms with Crippen molar-refractivity contribution in [2.45, 2.75) is 19.1 Å². The molecule has 0 radical (unpaired) electrons. The Morgan fingerprint density at radius 2 is 1.83 bits per heavy atom. The van der Waals surface area contributed by atoms with Crippen molar-refractivity contribution in [3.63, 3.8) is 0 Å². The van der Waals surface area contributed by atoms with Crippen LogP contribution in [0.3, 0.4) is 0 Å². The van der Waals surface area contributed by atoms with E-state index in [2.05, 4.69) is 0 Å². The number of benzene rings is 1. The van der Waals surface area contributed by atoms with Crippen LogP contribution < -0.4 is 9.47 Å². The van der Waals surface area contributed by atoms with Crippen molar-refractivity contribution in [1.82, 2.24) is 0 Å². The maximum Gasteiger partial charge on any atom is 0.235 e. The molecular formula is C17H18O6. The molecule has 0 spiro atoms. The van der Waals surface area contributed by atoms with Crippen molar-refractivity contribution in [2.75, 3.05) is 27.9 Å². The zero-order valence-electron chi connectivity index (χ0n) is 13.5. The zero-order valence-corrected chi connectivity index (χ0v) is 13.5. The van der Waals surface area contributed by atoms with Crippen LogP contribution in [0.1, 0.15) is 29.3 Å². The third kappa shape index (κ3) is 2.02. The zero-order chi connectivity index (χ0) is 16.8. The van der Waals surface area contributed by atoms with Gasteiger partial charge in [-0.3, -0.25) is 9.59 Å². The number of rotatable bonds is 3. The Bertz CT molecular complexity index is 733. The van der Waals surface area contributed by atoms with Crippen molar-refractivity contribution in [2.24, 2.45) is 0 Å². The Morgan fingerprint density at radius 1 is 1.09 bits per heavy atom. The number of hydrogen-bond acceptors (Lipinski definition) is 6. The number of ether oxygens (including phenoxy) is 4. The minimum atomic E-state index is -1.42. The second-order valence-corrected chi connectivity index (χ2v) is 5.48. The Labute approximate surface area is 134 Å². The van der Waals surface area contributed by atoms with Crippen LogP contribution in [0.25, 0.3) is 0 Å². The van der Waals surface area contributed by atoms with E-state index in [1.807, 2.05) is 6.92 Å². The van der Waals surface area contributed by atoms with Gasteiger partial charge in [-0.2, -0.15) is 0 Å². The fraction of sp³-hybridized carbons (Fsp3) is 0.412. The van der Waals surface area contributed by atoms with E-state index in [-0.39, 0.29) is 11.1 Å². The molecule has 6 nitrogen and oxygen atoms in total. The number of fused-ring (bicyclic) bond motifs is 3. The van der Waals surface area contributed by atoms with E-state index >= 15 is 0 Å². The van der Waals surface area contributed by atoms with Crippen molar-refractivity contribution in [3.05, 3.63) is 34.4 Å². The van der Waals surface area contributed by atoms with Crippen LogP contribution in [-0.2, 0) is 20.1 Å². The van der Waals surface area contributed by atoms with E-state index < -0.39 is 17.4 Å². The summed E-state index contributed by atoms with van der Waals surface area (Å²) in [6.07, 6.45) is 0.577. The lowest BCUT2D eigenvalue weighted by Gasteiger charge is -2.42. The minimum absolute atomic E-state index is 0.187. The molecule has 0 fully saturated rings.